The van der Waals surface area contributed by atoms with Crippen molar-refractivity contribution in [3.63, 3.8) is 0 Å². The van der Waals surface area contributed by atoms with E-state index >= 15 is 0 Å². The largest absolute Gasteiger partial charge is 5.00 e. The van der Waals surface area contributed by atoms with Crippen molar-refractivity contribution in [1.29, 1.82) is 0 Å². The topological polar surface area (TPSA) is 152 Å². The molecule has 0 spiro atoms. The maximum absolute atomic E-state index is 0. The molecule has 0 amide bonds. The summed E-state index contributed by atoms with van der Waals surface area (Å²) < 4.78 is 0. The molecule has 0 bridgehead atoms. The summed E-state index contributed by atoms with van der Waals surface area (Å²) in [5.74, 6) is 0. The summed E-state index contributed by atoms with van der Waals surface area (Å²) in [5.41, 5.74) is 0. The van der Waals surface area contributed by atoms with Crippen molar-refractivity contribution < 1.29 is 67.1 Å². The van der Waals surface area contributed by atoms with Crippen LogP contribution in [0, 0.1) is 0 Å². The Balaban J connectivity index is 0. The van der Waals surface area contributed by atoms with E-state index in [0.29, 0.717) is 0 Å². The van der Waals surface area contributed by atoms with Gasteiger partial charge in [-0.25, -0.2) is 0 Å². The van der Waals surface area contributed by atoms with Gasteiger partial charge in [0.15, 0.2) is 0 Å². The molecule has 0 saturated carbocycles. The van der Waals surface area contributed by atoms with Crippen molar-refractivity contribution in [2.75, 3.05) is 0 Å². The average Bonchev–Trinajstić information content (AvgIpc) is 0. The summed E-state index contributed by atoms with van der Waals surface area (Å²) >= 11 is 0. The van der Waals surface area contributed by atoms with E-state index in [9.17, 15) is 0 Å². The second kappa shape index (κ2) is 242. The van der Waals surface area contributed by atoms with Gasteiger partial charge in [-0.1, -0.05) is 0 Å². The Labute approximate surface area is 129 Å². The van der Waals surface area contributed by atoms with Gasteiger partial charge >= 0.3 is 67.1 Å². The van der Waals surface area contributed by atoms with Crippen LogP contribution in [0.4, 0.5) is 0 Å². The summed E-state index contributed by atoms with van der Waals surface area (Å²) in [5, 5.41) is 0. The van der Waals surface area contributed by atoms with E-state index in [1.54, 1.807) is 0 Å². The molecule has 0 fully saturated rings. The molecule has 0 aromatic carbocycles. The molecule has 5 nitrogen and oxygen atoms in total. The predicted octanol–water partition coefficient (Wildman–Crippen LogP) is 0.294. The van der Waals surface area contributed by atoms with E-state index in [1.807, 2.05) is 0 Å². The number of hydrogen-bond donors (Lipinski definition) is 0. The summed E-state index contributed by atoms with van der Waals surface area (Å²) in [6, 6.07) is 0. The van der Waals surface area contributed by atoms with Gasteiger partial charge in [0.2, 0.25) is 0 Å². The van der Waals surface area contributed by atoms with Gasteiger partial charge in [-0.05, 0) is 0 Å². The molecule has 0 aliphatic carbocycles. The minimum Gasteiger partial charge on any atom is -3.00 e. The van der Waals surface area contributed by atoms with Gasteiger partial charge in [0.05, 0.1) is 0 Å². The molecule has 0 aromatic rings. The van der Waals surface area contributed by atoms with E-state index < -0.39 is 0 Å². The smallest absolute Gasteiger partial charge is 3.00 e. The monoisotopic (exact) mass is 433 g/mol. The van der Waals surface area contributed by atoms with E-state index in [-0.39, 0.29) is 131 Å². The molecule has 11 heavy (non-hydrogen) atoms. The summed E-state index contributed by atoms with van der Waals surface area (Å²) in [4.78, 5) is 0. The van der Waals surface area contributed by atoms with Crippen LogP contribution < -0.4 is 0 Å². The second-order valence-electron chi connectivity index (χ2n) is 0. The van der Waals surface area contributed by atoms with Crippen LogP contribution in [0.5, 0.6) is 0 Å². The summed E-state index contributed by atoms with van der Waals surface area (Å²) in [6.07, 6.45) is 0. The van der Waals surface area contributed by atoms with Gasteiger partial charge in [-0.3, -0.25) is 0 Å². The maximum atomic E-state index is 0. The third-order valence-electron chi connectivity index (χ3n) is 0. The fourth-order valence-electron chi connectivity index (χ4n) is 0. The van der Waals surface area contributed by atoms with Crippen LogP contribution in [0.2, 0.25) is 0 Å². The first-order valence-corrected chi connectivity index (χ1v) is 0. The average molecular weight is 433 g/mol. The normalized spacial score (nSPS) is 0. The molecule has 0 rings (SSSR count). The molecular weight excluding hydrogens is 433 g/mol. The SMILES string of the molecule is [N-3].[N-3].[N-3].[N-3].[N-3].[Nb+5].[Nb+5].[Nb+5].[Si].[Si].[Si]. The Morgan fingerprint density at radius 2 is 0.273 bits per heavy atom. The van der Waals surface area contributed by atoms with Crippen LogP contribution in [0.3, 0.4) is 0 Å². The van der Waals surface area contributed by atoms with Crippen molar-refractivity contribution >= 4 is 32.9 Å². The van der Waals surface area contributed by atoms with Crippen LogP contribution in [-0.4, -0.2) is 32.9 Å². The predicted molar refractivity (Wildman–Crippen MR) is 34.1 cm³/mol. The van der Waals surface area contributed by atoms with Crippen LogP contribution in [0.25, 0.3) is 30.8 Å². The summed E-state index contributed by atoms with van der Waals surface area (Å²) in [7, 11) is 0. The van der Waals surface area contributed by atoms with Gasteiger partial charge in [0, 0.05) is 32.9 Å². The van der Waals surface area contributed by atoms with Gasteiger partial charge in [-0.15, -0.1) is 0 Å². The minimum absolute atomic E-state index is 0. The molecule has 0 aliphatic rings. The Kier molecular flexibility index (Phi) is 6760. The van der Waals surface area contributed by atoms with Gasteiger partial charge in [-0.2, -0.15) is 0 Å². The molecule has 0 heterocycles. The van der Waals surface area contributed by atoms with Gasteiger partial charge in [0.1, 0.15) is 0 Å². The van der Waals surface area contributed by atoms with Crippen molar-refractivity contribution in [3.8, 4) is 0 Å². The van der Waals surface area contributed by atoms with Crippen molar-refractivity contribution in [3.05, 3.63) is 30.8 Å². The molecule has 11 heteroatoms. The summed E-state index contributed by atoms with van der Waals surface area (Å²) in [6.45, 7) is 0. The number of hydrogen-bond acceptors (Lipinski definition) is 0. The molecule has 0 unspecified atom stereocenters. The van der Waals surface area contributed by atoms with Crippen LogP contribution in [-0.2, 0) is 67.1 Å². The zero-order chi connectivity index (χ0) is 0. The van der Waals surface area contributed by atoms with E-state index in [2.05, 4.69) is 0 Å². The van der Waals surface area contributed by atoms with E-state index in [0.717, 1.165) is 0 Å². The van der Waals surface area contributed by atoms with Crippen molar-refractivity contribution in [2.24, 2.45) is 0 Å². The number of rotatable bonds is 0. The van der Waals surface area contributed by atoms with Crippen LogP contribution in [0.15, 0.2) is 0 Å². The fourth-order valence-corrected chi connectivity index (χ4v) is 0. The Hall–Kier alpha value is 2.67. The van der Waals surface area contributed by atoms with Crippen LogP contribution >= 0.6 is 0 Å². The first-order valence-electron chi connectivity index (χ1n) is 0. The molecule has 0 N–H and O–H groups in total. The third kappa shape index (κ3) is 202. The maximum Gasteiger partial charge on any atom is 5.00 e. The number of nitrogens with zero attached hydrogens (tertiary/aromatic N) is 5. The Morgan fingerprint density at radius 1 is 0.273 bits per heavy atom. The van der Waals surface area contributed by atoms with Gasteiger partial charge < -0.3 is 30.8 Å². The molecule has 12 radical (unpaired) electrons. The quantitative estimate of drug-likeness (QED) is 0.483. The zero-order valence-electron chi connectivity index (χ0n) is 5.08. The van der Waals surface area contributed by atoms with E-state index in [4.69, 9.17) is 0 Å². The Morgan fingerprint density at radius 3 is 0.273 bits per heavy atom. The standard InChI is InChI=1S/5N.3Nb.3Si/q5*-3;3*+5;;;. The van der Waals surface area contributed by atoms with Crippen LogP contribution in [0.1, 0.15) is 0 Å². The minimum atomic E-state index is 0. The second-order valence-corrected chi connectivity index (χ2v) is 0. The molecule has 52 valence electrons. The van der Waals surface area contributed by atoms with Crippen molar-refractivity contribution in [1.82, 2.24) is 0 Å². The van der Waals surface area contributed by atoms with Crippen molar-refractivity contribution in [2.45, 2.75) is 0 Å². The Bertz CT molecular complexity index is 16.9. The molecule has 0 aromatic heterocycles. The van der Waals surface area contributed by atoms with Gasteiger partial charge in [0.25, 0.3) is 0 Å². The fraction of sp³-hybridized carbons (Fsp3) is 0. The third-order valence-corrected chi connectivity index (χ3v) is 0. The van der Waals surface area contributed by atoms with E-state index in [1.165, 1.54) is 0 Å². The molecule has 0 saturated heterocycles. The molecule has 0 aliphatic heterocycles. The first-order chi connectivity index (χ1) is 0. The first kappa shape index (κ1) is 308. The zero-order valence-corrected chi connectivity index (χ0v) is 14.7. The molecule has 0 atom stereocenters. The molecular formula is N5Nb3Si3.